The first kappa shape index (κ1) is 30.3. The second-order valence-corrected chi connectivity index (χ2v) is 11.2. The van der Waals surface area contributed by atoms with Gasteiger partial charge in [-0.15, -0.1) is 0 Å². The standard InChI is InChI=1S/C28H31Cl2N3O5S/c1-4-26(28(35)31-5-2)32(18-23-24(29)15-10-16-25(23)30)27(34)19-33(20-11-9-12-21(17-20)38-3)39(36,37)22-13-7-6-8-14-22/h6-17,26H,4-5,18-19H2,1-3H3,(H,31,35)/t26-/m1/s1. The van der Waals surface area contributed by atoms with Gasteiger partial charge in [0.05, 0.1) is 17.7 Å². The van der Waals surface area contributed by atoms with Gasteiger partial charge in [0.25, 0.3) is 10.0 Å². The van der Waals surface area contributed by atoms with Crippen molar-refractivity contribution < 1.29 is 22.7 Å². The molecule has 0 bridgehead atoms. The number of carbonyl (C=O) groups excluding carboxylic acids is 2. The largest absolute Gasteiger partial charge is 0.497 e. The van der Waals surface area contributed by atoms with Crippen molar-refractivity contribution in [1.82, 2.24) is 10.2 Å². The lowest BCUT2D eigenvalue weighted by atomic mass is 10.1. The van der Waals surface area contributed by atoms with E-state index in [1.54, 1.807) is 68.4 Å². The Labute approximate surface area is 239 Å². The molecule has 0 unspecified atom stereocenters. The van der Waals surface area contributed by atoms with Crippen molar-refractivity contribution in [3.8, 4) is 5.75 Å². The number of nitrogens with zero attached hydrogens (tertiary/aromatic N) is 2. The lowest BCUT2D eigenvalue weighted by Crippen LogP contribution is -2.52. The summed E-state index contributed by atoms with van der Waals surface area (Å²) in [7, 11) is -2.72. The van der Waals surface area contributed by atoms with Gasteiger partial charge < -0.3 is 15.0 Å². The molecule has 0 aliphatic rings. The average Bonchev–Trinajstić information content (AvgIpc) is 2.93. The Morgan fingerprint density at radius 1 is 0.949 bits per heavy atom. The number of carbonyl (C=O) groups is 2. The summed E-state index contributed by atoms with van der Waals surface area (Å²) in [6.45, 7) is 3.24. The fraction of sp³-hybridized carbons (Fsp3) is 0.286. The molecule has 0 aromatic heterocycles. The van der Waals surface area contributed by atoms with Crippen molar-refractivity contribution in [2.45, 2.75) is 37.8 Å². The molecule has 3 aromatic rings. The van der Waals surface area contributed by atoms with E-state index in [1.807, 2.05) is 0 Å². The highest BCUT2D eigenvalue weighted by atomic mass is 35.5. The highest BCUT2D eigenvalue weighted by Crippen LogP contribution is 2.30. The number of halogens is 2. The van der Waals surface area contributed by atoms with Crippen LogP contribution in [-0.4, -0.2) is 51.4 Å². The zero-order valence-electron chi connectivity index (χ0n) is 21.9. The molecular weight excluding hydrogens is 561 g/mol. The molecule has 3 aromatic carbocycles. The molecule has 208 valence electrons. The fourth-order valence-electron chi connectivity index (χ4n) is 4.08. The molecule has 0 aliphatic carbocycles. The predicted octanol–water partition coefficient (Wildman–Crippen LogP) is 5.14. The van der Waals surface area contributed by atoms with Crippen LogP contribution in [0.15, 0.2) is 77.7 Å². The summed E-state index contributed by atoms with van der Waals surface area (Å²) in [6.07, 6.45) is 0.282. The Hall–Kier alpha value is -3.27. The first-order chi connectivity index (χ1) is 18.6. The molecule has 0 spiro atoms. The molecule has 2 amide bonds. The van der Waals surface area contributed by atoms with Crippen molar-refractivity contribution in [2.24, 2.45) is 0 Å². The van der Waals surface area contributed by atoms with Gasteiger partial charge in [-0.25, -0.2) is 8.42 Å². The molecule has 3 rings (SSSR count). The number of nitrogens with one attached hydrogen (secondary N) is 1. The third kappa shape index (κ3) is 7.23. The number of methoxy groups -OCH3 is 1. The Bertz CT molecular complexity index is 1380. The number of amides is 2. The number of likely N-dealkylation sites (N-methyl/N-ethyl adjacent to an activating group) is 1. The first-order valence-corrected chi connectivity index (χ1v) is 14.6. The van der Waals surface area contributed by atoms with E-state index in [0.29, 0.717) is 27.9 Å². The van der Waals surface area contributed by atoms with Gasteiger partial charge in [-0.2, -0.15) is 0 Å². The minimum atomic E-state index is -4.18. The van der Waals surface area contributed by atoms with E-state index in [9.17, 15) is 18.0 Å². The van der Waals surface area contributed by atoms with Crippen LogP contribution in [0.5, 0.6) is 5.75 Å². The summed E-state index contributed by atoms with van der Waals surface area (Å²) in [6, 6.07) is 18.3. The van der Waals surface area contributed by atoms with Crippen molar-refractivity contribution in [3.63, 3.8) is 0 Å². The van der Waals surface area contributed by atoms with E-state index < -0.39 is 28.5 Å². The minimum Gasteiger partial charge on any atom is -0.497 e. The molecule has 8 nitrogen and oxygen atoms in total. The van der Waals surface area contributed by atoms with Gasteiger partial charge >= 0.3 is 0 Å². The van der Waals surface area contributed by atoms with Gasteiger partial charge in [0, 0.05) is 34.8 Å². The van der Waals surface area contributed by atoms with Gasteiger partial charge in [0.15, 0.2) is 0 Å². The predicted molar refractivity (Wildman–Crippen MR) is 154 cm³/mol. The van der Waals surface area contributed by atoms with Crippen LogP contribution in [0.2, 0.25) is 10.0 Å². The molecule has 0 saturated carbocycles. The molecule has 1 N–H and O–H groups in total. The number of sulfonamides is 1. The van der Waals surface area contributed by atoms with Crippen LogP contribution in [-0.2, 0) is 26.2 Å². The maximum Gasteiger partial charge on any atom is 0.264 e. The number of anilines is 1. The summed E-state index contributed by atoms with van der Waals surface area (Å²) in [4.78, 5) is 28.4. The molecule has 0 aliphatic heterocycles. The van der Waals surface area contributed by atoms with Crippen LogP contribution in [0.4, 0.5) is 5.69 Å². The lowest BCUT2D eigenvalue weighted by molar-refractivity contribution is -0.140. The smallest absolute Gasteiger partial charge is 0.264 e. The van der Waals surface area contributed by atoms with Crippen LogP contribution in [0.25, 0.3) is 0 Å². The summed E-state index contributed by atoms with van der Waals surface area (Å²) in [5, 5.41) is 3.41. The van der Waals surface area contributed by atoms with Crippen LogP contribution < -0.4 is 14.4 Å². The number of rotatable bonds is 12. The number of hydrogen-bond acceptors (Lipinski definition) is 5. The Morgan fingerprint density at radius 3 is 2.18 bits per heavy atom. The van der Waals surface area contributed by atoms with E-state index in [1.165, 1.54) is 30.2 Å². The lowest BCUT2D eigenvalue weighted by Gasteiger charge is -2.33. The Kier molecular flexibility index (Phi) is 10.6. The SMILES string of the molecule is CCNC(=O)[C@@H](CC)N(Cc1c(Cl)cccc1Cl)C(=O)CN(c1cccc(OC)c1)S(=O)(=O)c1ccccc1. The quantitative estimate of drug-likeness (QED) is 0.314. The molecule has 0 heterocycles. The topological polar surface area (TPSA) is 96.0 Å². The van der Waals surface area contributed by atoms with E-state index >= 15 is 0 Å². The Morgan fingerprint density at radius 2 is 1.59 bits per heavy atom. The molecule has 0 fully saturated rings. The zero-order chi connectivity index (χ0) is 28.6. The van der Waals surface area contributed by atoms with Crippen molar-refractivity contribution in [2.75, 3.05) is 24.5 Å². The van der Waals surface area contributed by atoms with Gasteiger partial charge in [-0.3, -0.25) is 13.9 Å². The summed E-state index contributed by atoms with van der Waals surface area (Å²) in [5.41, 5.74) is 0.684. The first-order valence-electron chi connectivity index (χ1n) is 12.4. The van der Waals surface area contributed by atoms with Crippen molar-refractivity contribution in [1.29, 1.82) is 0 Å². The molecular formula is C28H31Cl2N3O5S. The second kappa shape index (κ2) is 13.7. The molecule has 0 radical (unpaired) electrons. The molecule has 11 heteroatoms. The maximum atomic E-state index is 14.0. The highest BCUT2D eigenvalue weighted by Gasteiger charge is 2.34. The van der Waals surface area contributed by atoms with E-state index in [4.69, 9.17) is 27.9 Å². The monoisotopic (exact) mass is 591 g/mol. The fourth-order valence-corrected chi connectivity index (χ4v) is 6.02. The van der Waals surface area contributed by atoms with Crippen molar-refractivity contribution in [3.05, 3.63) is 88.4 Å². The summed E-state index contributed by atoms with van der Waals surface area (Å²) < 4.78 is 34.0. The maximum absolute atomic E-state index is 14.0. The molecule has 39 heavy (non-hydrogen) atoms. The van der Waals surface area contributed by atoms with E-state index in [2.05, 4.69) is 5.32 Å². The van der Waals surface area contributed by atoms with Gasteiger partial charge in [-0.1, -0.05) is 60.5 Å². The normalized spacial score (nSPS) is 11.9. The zero-order valence-corrected chi connectivity index (χ0v) is 24.3. The van der Waals surface area contributed by atoms with Gasteiger partial charge in [-0.05, 0) is 49.7 Å². The Balaban J connectivity index is 2.11. The summed E-state index contributed by atoms with van der Waals surface area (Å²) in [5.74, 6) is -0.552. The van der Waals surface area contributed by atoms with E-state index in [-0.39, 0.29) is 29.5 Å². The van der Waals surface area contributed by atoms with E-state index in [0.717, 1.165) is 4.31 Å². The molecule has 0 saturated heterocycles. The third-order valence-electron chi connectivity index (χ3n) is 6.08. The number of ether oxygens (including phenoxy) is 1. The van der Waals surface area contributed by atoms with Gasteiger partial charge in [0.2, 0.25) is 11.8 Å². The average molecular weight is 593 g/mol. The summed E-state index contributed by atoms with van der Waals surface area (Å²) >= 11 is 12.8. The molecule has 1 atom stereocenters. The van der Waals surface area contributed by atoms with Crippen molar-refractivity contribution >= 4 is 50.7 Å². The third-order valence-corrected chi connectivity index (χ3v) is 8.57. The van der Waals surface area contributed by atoms with Crippen LogP contribution in [0.3, 0.4) is 0 Å². The highest BCUT2D eigenvalue weighted by molar-refractivity contribution is 7.92. The van der Waals surface area contributed by atoms with Crippen LogP contribution in [0, 0.1) is 0 Å². The number of benzene rings is 3. The van der Waals surface area contributed by atoms with Crippen LogP contribution in [0.1, 0.15) is 25.8 Å². The van der Waals surface area contributed by atoms with Crippen LogP contribution >= 0.6 is 23.2 Å². The van der Waals surface area contributed by atoms with Gasteiger partial charge in [0.1, 0.15) is 18.3 Å². The minimum absolute atomic E-state index is 0.0112. The second-order valence-electron chi connectivity index (χ2n) is 8.57. The number of hydrogen-bond donors (Lipinski definition) is 1.